The van der Waals surface area contributed by atoms with Gasteiger partial charge < -0.3 is 18.8 Å². The van der Waals surface area contributed by atoms with Gasteiger partial charge in [0.2, 0.25) is 0 Å². The molecule has 9 heteroatoms. The van der Waals surface area contributed by atoms with Gasteiger partial charge in [0, 0.05) is 12.8 Å². The molecule has 0 fully saturated rings. The van der Waals surface area contributed by atoms with Crippen LogP contribution in [0.15, 0.2) is 53.7 Å². The molecule has 3 aromatic rings. The standard InChI is InChI=1S/C20H20ClN3O4S/c1-24-18(13-28-17-9-4-3-8-16(17)21)22-23-20(24)29-11-10-27-15-7-5-6-14(12-15)19(25)26-2/h3-9,12H,10-11,13H2,1-2H3. The van der Waals surface area contributed by atoms with Crippen molar-refractivity contribution >= 4 is 29.3 Å². The first-order valence-electron chi connectivity index (χ1n) is 8.78. The second-order valence-corrected chi connectivity index (χ2v) is 7.36. The molecule has 7 nitrogen and oxygen atoms in total. The molecule has 0 aliphatic carbocycles. The van der Waals surface area contributed by atoms with Gasteiger partial charge in [0.15, 0.2) is 11.0 Å². The Morgan fingerprint density at radius 2 is 1.97 bits per heavy atom. The zero-order valence-electron chi connectivity index (χ0n) is 16.0. The summed E-state index contributed by atoms with van der Waals surface area (Å²) < 4.78 is 18.0. The predicted molar refractivity (Wildman–Crippen MR) is 111 cm³/mol. The van der Waals surface area contributed by atoms with E-state index in [2.05, 4.69) is 10.2 Å². The van der Waals surface area contributed by atoms with E-state index < -0.39 is 5.97 Å². The number of ether oxygens (including phenoxy) is 3. The molecule has 29 heavy (non-hydrogen) atoms. The number of hydrogen-bond acceptors (Lipinski definition) is 7. The molecule has 0 atom stereocenters. The Labute approximate surface area is 177 Å². The van der Waals surface area contributed by atoms with Gasteiger partial charge in [0.1, 0.15) is 18.1 Å². The average Bonchev–Trinajstić information content (AvgIpc) is 3.09. The third-order valence-corrected chi connectivity index (χ3v) is 5.25. The molecule has 0 N–H and O–H groups in total. The number of esters is 1. The number of carbonyl (C=O) groups excluding carboxylic acids is 1. The van der Waals surface area contributed by atoms with Gasteiger partial charge in [-0.05, 0) is 30.3 Å². The molecule has 0 spiro atoms. The molecule has 3 rings (SSSR count). The summed E-state index contributed by atoms with van der Waals surface area (Å²) in [5.41, 5.74) is 0.453. The quantitative estimate of drug-likeness (QED) is 0.286. The molecule has 0 saturated heterocycles. The number of aromatic nitrogens is 3. The van der Waals surface area contributed by atoms with Crippen molar-refractivity contribution in [2.75, 3.05) is 19.5 Å². The number of para-hydroxylation sites is 1. The van der Waals surface area contributed by atoms with E-state index in [-0.39, 0.29) is 6.61 Å². The lowest BCUT2D eigenvalue weighted by Gasteiger charge is -2.08. The highest BCUT2D eigenvalue weighted by molar-refractivity contribution is 7.99. The van der Waals surface area contributed by atoms with Crippen molar-refractivity contribution in [1.82, 2.24) is 14.8 Å². The second kappa shape index (κ2) is 10.2. The van der Waals surface area contributed by atoms with Crippen LogP contribution < -0.4 is 9.47 Å². The van der Waals surface area contributed by atoms with Crippen molar-refractivity contribution in [3.8, 4) is 11.5 Å². The van der Waals surface area contributed by atoms with Crippen LogP contribution in [0.25, 0.3) is 0 Å². The van der Waals surface area contributed by atoms with Crippen LogP contribution in [0.1, 0.15) is 16.2 Å². The Morgan fingerprint density at radius 1 is 1.14 bits per heavy atom. The SMILES string of the molecule is COC(=O)c1cccc(OCCSc2nnc(COc3ccccc3Cl)n2C)c1. The minimum atomic E-state index is -0.393. The van der Waals surface area contributed by atoms with Gasteiger partial charge in [-0.1, -0.05) is 41.6 Å². The maximum atomic E-state index is 11.6. The molecule has 0 unspecified atom stereocenters. The fourth-order valence-corrected chi connectivity index (χ4v) is 3.36. The van der Waals surface area contributed by atoms with Crippen molar-refractivity contribution in [2.24, 2.45) is 7.05 Å². The second-order valence-electron chi connectivity index (χ2n) is 5.89. The highest BCUT2D eigenvalue weighted by Crippen LogP contribution is 2.24. The Balaban J connectivity index is 1.48. The molecule has 1 aromatic heterocycles. The maximum Gasteiger partial charge on any atom is 0.337 e. The summed E-state index contributed by atoms with van der Waals surface area (Å²) in [5, 5.41) is 9.67. The molecular formula is C20H20ClN3O4S. The van der Waals surface area contributed by atoms with Gasteiger partial charge >= 0.3 is 5.97 Å². The molecule has 152 valence electrons. The number of benzene rings is 2. The van der Waals surface area contributed by atoms with Crippen LogP contribution in [-0.2, 0) is 18.4 Å². The van der Waals surface area contributed by atoms with Gasteiger partial charge in [0.05, 0.1) is 24.3 Å². The zero-order valence-corrected chi connectivity index (χ0v) is 17.6. The summed E-state index contributed by atoms with van der Waals surface area (Å²) in [7, 11) is 3.23. The number of halogens is 1. The Morgan fingerprint density at radius 3 is 2.76 bits per heavy atom. The predicted octanol–water partition coefficient (Wildman–Crippen LogP) is 4.01. The van der Waals surface area contributed by atoms with Crippen molar-refractivity contribution in [3.05, 3.63) is 64.9 Å². The molecule has 0 aliphatic rings. The molecular weight excluding hydrogens is 414 g/mol. The number of rotatable bonds is 9. The number of methoxy groups -OCH3 is 1. The first-order chi connectivity index (χ1) is 14.1. The largest absolute Gasteiger partial charge is 0.493 e. The number of hydrogen-bond donors (Lipinski definition) is 0. The topological polar surface area (TPSA) is 75.5 Å². The third kappa shape index (κ3) is 5.65. The minimum absolute atomic E-state index is 0.268. The van der Waals surface area contributed by atoms with Gasteiger partial charge in [-0.3, -0.25) is 0 Å². The van der Waals surface area contributed by atoms with E-state index in [9.17, 15) is 4.79 Å². The maximum absolute atomic E-state index is 11.6. The number of thioether (sulfide) groups is 1. The molecule has 0 bridgehead atoms. The fraction of sp³-hybridized carbons (Fsp3) is 0.250. The number of carbonyl (C=O) groups is 1. The molecule has 0 radical (unpaired) electrons. The van der Waals surface area contributed by atoms with Crippen LogP contribution in [-0.4, -0.2) is 40.2 Å². The van der Waals surface area contributed by atoms with E-state index in [1.54, 1.807) is 36.4 Å². The van der Waals surface area contributed by atoms with Gasteiger partial charge in [-0.15, -0.1) is 10.2 Å². The van der Waals surface area contributed by atoms with Crippen LogP contribution in [0.2, 0.25) is 5.02 Å². The van der Waals surface area contributed by atoms with Crippen molar-refractivity contribution in [1.29, 1.82) is 0 Å². The van der Waals surface area contributed by atoms with Gasteiger partial charge in [-0.25, -0.2) is 4.79 Å². The van der Waals surface area contributed by atoms with Crippen molar-refractivity contribution in [2.45, 2.75) is 11.8 Å². The van der Waals surface area contributed by atoms with Crippen LogP contribution in [0.3, 0.4) is 0 Å². The summed E-state index contributed by atoms with van der Waals surface area (Å²) in [4.78, 5) is 11.6. The molecule has 0 amide bonds. The van der Waals surface area contributed by atoms with Crippen molar-refractivity contribution in [3.63, 3.8) is 0 Å². The molecule has 2 aromatic carbocycles. The highest BCUT2D eigenvalue weighted by Gasteiger charge is 2.11. The minimum Gasteiger partial charge on any atom is -0.493 e. The van der Waals surface area contributed by atoms with Crippen LogP contribution in [0, 0.1) is 0 Å². The summed E-state index contributed by atoms with van der Waals surface area (Å²) in [6, 6.07) is 14.2. The van der Waals surface area contributed by atoms with Crippen molar-refractivity contribution < 1.29 is 19.0 Å². The Hall–Kier alpha value is -2.71. The Bertz CT molecular complexity index is 980. The number of nitrogens with zero attached hydrogens (tertiary/aromatic N) is 3. The van der Waals surface area contributed by atoms with E-state index in [0.29, 0.717) is 40.3 Å². The lowest BCUT2D eigenvalue weighted by Crippen LogP contribution is -2.06. The van der Waals surface area contributed by atoms with Crippen LogP contribution in [0.5, 0.6) is 11.5 Å². The summed E-state index contributed by atoms with van der Waals surface area (Å²) in [5.74, 6) is 2.18. The Kier molecular flexibility index (Phi) is 7.37. The normalized spacial score (nSPS) is 10.6. The average molecular weight is 434 g/mol. The van der Waals surface area contributed by atoms with Gasteiger partial charge in [0.25, 0.3) is 0 Å². The lowest BCUT2D eigenvalue weighted by atomic mass is 10.2. The van der Waals surface area contributed by atoms with Crippen LogP contribution in [0.4, 0.5) is 0 Å². The van der Waals surface area contributed by atoms with E-state index >= 15 is 0 Å². The third-order valence-electron chi connectivity index (χ3n) is 3.96. The highest BCUT2D eigenvalue weighted by atomic mass is 35.5. The van der Waals surface area contributed by atoms with E-state index in [1.165, 1.54) is 18.9 Å². The monoisotopic (exact) mass is 433 g/mol. The zero-order chi connectivity index (χ0) is 20.6. The summed E-state index contributed by atoms with van der Waals surface area (Å²) >= 11 is 7.61. The van der Waals surface area contributed by atoms with Gasteiger partial charge in [-0.2, -0.15) is 0 Å². The smallest absolute Gasteiger partial charge is 0.337 e. The molecule has 0 aliphatic heterocycles. The first kappa shape index (κ1) is 21.0. The van der Waals surface area contributed by atoms with E-state index in [1.807, 2.05) is 23.7 Å². The summed E-state index contributed by atoms with van der Waals surface area (Å²) in [6.07, 6.45) is 0. The first-order valence-corrected chi connectivity index (χ1v) is 10.1. The molecule has 0 saturated carbocycles. The van der Waals surface area contributed by atoms with Crippen LogP contribution >= 0.6 is 23.4 Å². The fourth-order valence-electron chi connectivity index (χ4n) is 2.42. The van der Waals surface area contributed by atoms with E-state index in [4.69, 9.17) is 25.8 Å². The summed E-state index contributed by atoms with van der Waals surface area (Å²) in [6.45, 7) is 0.720. The van der Waals surface area contributed by atoms with E-state index in [0.717, 1.165) is 5.16 Å². The lowest BCUT2D eigenvalue weighted by molar-refractivity contribution is 0.0600. The molecule has 1 heterocycles.